The minimum absolute atomic E-state index is 0.304. The molecule has 0 saturated heterocycles. The third-order valence-corrected chi connectivity index (χ3v) is 6.40. The first kappa shape index (κ1) is 20.9. The molecule has 172 valence electrons. The zero-order valence-electron chi connectivity index (χ0n) is 19.1. The van der Waals surface area contributed by atoms with Crippen LogP contribution in [0.1, 0.15) is 28.2 Å². The topological polar surface area (TPSA) is 91.0 Å². The van der Waals surface area contributed by atoms with Crippen LogP contribution < -0.4 is 15.7 Å². The lowest BCUT2D eigenvalue weighted by atomic mass is 9.87. The standard InChI is InChI=1S/C27H21N5O3/c1-16-11-12-18(13-17(16)2)32-25-21(14-29-32)27(34)31(15-28-25)30-26(33)24-19-7-3-5-9-22(19)35-23-10-6-4-8-20(23)24/h3-15,24H,1-2H3,(H,30,33). The molecule has 1 amide bonds. The minimum Gasteiger partial charge on any atom is -0.457 e. The van der Waals surface area contributed by atoms with Gasteiger partial charge in [0.1, 0.15) is 23.2 Å². The molecule has 1 aliphatic heterocycles. The van der Waals surface area contributed by atoms with Gasteiger partial charge in [-0.15, -0.1) is 0 Å². The third-order valence-electron chi connectivity index (χ3n) is 6.40. The first-order valence-corrected chi connectivity index (χ1v) is 11.2. The quantitative estimate of drug-likeness (QED) is 0.433. The molecule has 8 heteroatoms. The predicted octanol–water partition coefficient (Wildman–Crippen LogP) is 4.21. The number of para-hydroxylation sites is 2. The van der Waals surface area contributed by atoms with Gasteiger partial charge < -0.3 is 4.74 Å². The molecular formula is C27H21N5O3. The lowest BCUT2D eigenvalue weighted by Crippen LogP contribution is -2.36. The van der Waals surface area contributed by atoms with Gasteiger partial charge in [0.25, 0.3) is 11.5 Å². The van der Waals surface area contributed by atoms with Crippen molar-refractivity contribution in [3.63, 3.8) is 0 Å². The minimum atomic E-state index is -0.642. The number of aryl methyl sites for hydroxylation is 2. The number of ether oxygens (including phenoxy) is 1. The number of amides is 1. The lowest BCUT2D eigenvalue weighted by Gasteiger charge is -2.27. The Morgan fingerprint density at radius 1 is 0.943 bits per heavy atom. The highest BCUT2D eigenvalue weighted by Gasteiger charge is 2.32. The Bertz CT molecular complexity index is 1640. The van der Waals surface area contributed by atoms with Gasteiger partial charge in [-0.1, -0.05) is 42.5 Å². The number of aromatic nitrogens is 4. The molecule has 0 fully saturated rings. The van der Waals surface area contributed by atoms with E-state index in [1.165, 1.54) is 18.1 Å². The second-order valence-electron chi connectivity index (χ2n) is 8.57. The van der Waals surface area contributed by atoms with Crippen molar-refractivity contribution in [3.05, 3.63) is 112 Å². The Hall–Kier alpha value is -4.72. The number of nitrogens with one attached hydrogen (secondary N) is 1. The first-order chi connectivity index (χ1) is 17.0. The highest BCUT2D eigenvalue weighted by molar-refractivity contribution is 5.95. The number of carbonyl (C=O) groups is 1. The molecule has 0 unspecified atom stereocenters. The summed E-state index contributed by atoms with van der Waals surface area (Å²) in [5.74, 6) is 0.221. The molecule has 0 spiro atoms. The van der Waals surface area contributed by atoms with Crippen molar-refractivity contribution in [2.75, 3.05) is 5.43 Å². The molecule has 2 aromatic heterocycles. The molecule has 3 heterocycles. The van der Waals surface area contributed by atoms with E-state index in [0.717, 1.165) is 27.1 Å². The molecule has 1 N–H and O–H groups in total. The van der Waals surface area contributed by atoms with E-state index in [4.69, 9.17) is 4.74 Å². The third kappa shape index (κ3) is 3.38. The number of hydrogen-bond acceptors (Lipinski definition) is 5. The highest BCUT2D eigenvalue weighted by Crippen LogP contribution is 2.43. The van der Waals surface area contributed by atoms with Crippen LogP contribution in [0.25, 0.3) is 16.7 Å². The molecule has 6 rings (SSSR count). The normalized spacial score (nSPS) is 12.6. The summed E-state index contributed by atoms with van der Waals surface area (Å²) in [5.41, 5.74) is 7.29. The number of nitrogens with zero attached hydrogens (tertiary/aromatic N) is 4. The summed E-state index contributed by atoms with van der Waals surface area (Å²) < 4.78 is 8.71. The smallest absolute Gasteiger partial charge is 0.283 e. The molecule has 0 aliphatic carbocycles. The monoisotopic (exact) mass is 463 g/mol. The van der Waals surface area contributed by atoms with E-state index >= 15 is 0 Å². The van der Waals surface area contributed by atoms with Crippen LogP contribution in [0.15, 0.2) is 84.0 Å². The number of fused-ring (bicyclic) bond motifs is 3. The van der Waals surface area contributed by atoms with Gasteiger partial charge in [0.2, 0.25) is 0 Å². The molecule has 0 atom stereocenters. The van der Waals surface area contributed by atoms with Gasteiger partial charge in [0, 0.05) is 11.1 Å². The van der Waals surface area contributed by atoms with Crippen LogP contribution in [-0.2, 0) is 4.79 Å². The van der Waals surface area contributed by atoms with Gasteiger partial charge >= 0.3 is 0 Å². The molecule has 1 aliphatic rings. The van der Waals surface area contributed by atoms with Gasteiger partial charge in [0.05, 0.1) is 17.8 Å². The van der Waals surface area contributed by atoms with Gasteiger partial charge in [-0.3, -0.25) is 15.0 Å². The average molecular weight is 463 g/mol. The van der Waals surface area contributed by atoms with Gasteiger partial charge in [-0.2, -0.15) is 5.10 Å². The van der Waals surface area contributed by atoms with Gasteiger partial charge in [-0.05, 0) is 49.2 Å². The highest BCUT2D eigenvalue weighted by atomic mass is 16.5. The summed E-state index contributed by atoms with van der Waals surface area (Å²) >= 11 is 0. The van der Waals surface area contributed by atoms with Crippen molar-refractivity contribution in [1.29, 1.82) is 0 Å². The predicted molar refractivity (Wildman–Crippen MR) is 132 cm³/mol. The Morgan fingerprint density at radius 2 is 1.63 bits per heavy atom. The Labute approximate surface area is 200 Å². The fourth-order valence-electron chi connectivity index (χ4n) is 4.41. The molecule has 3 aromatic carbocycles. The summed E-state index contributed by atoms with van der Waals surface area (Å²) in [4.78, 5) is 31.2. The van der Waals surface area contributed by atoms with Crippen LogP contribution in [-0.4, -0.2) is 25.3 Å². The SMILES string of the molecule is Cc1ccc(-n2ncc3c(=O)n(NC(=O)C4c5ccccc5Oc5ccccc54)cnc32)cc1C. The molecule has 35 heavy (non-hydrogen) atoms. The van der Waals surface area contributed by atoms with Crippen molar-refractivity contribution >= 4 is 16.9 Å². The Kier molecular flexibility index (Phi) is 4.74. The zero-order chi connectivity index (χ0) is 24.1. The maximum Gasteiger partial charge on any atom is 0.283 e. The maximum absolute atomic E-state index is 13.5. The van der Waals surface area contributed by atoms with Gasteiger partial charge in [0.15, 0.2) is 5.65 Å². The zero-order valence-corrected chi connectivity index (χ0v) is 19.1. The fourth-order valence-corrected chi connectivity index (χ4v) is 4.41. The Morgan fingerprint density at radius 3 is 2.31 bits per heavy atom. The number of carbonyl (C=O) groups excluding carboxylic acids is 1. The van der Waals surface area contributed by atoms with Crippen molar-refractivity contribution in [2.24, 2.45) is 0 Å². The molecule has 0 saturated carbocycles. The average Bonchev–Trinajstić information content (AvgIpc) is 3.30. The van der Waals surface area contributed by atoms with Crippen molar-refractivity contribution in [3.8, 4) is 17.2 Å². The van der Waals surface area contributed by atoms with E-state index in [-0.39, 0.29) is 5.91 Å². The number of hydrogen-bond donors (Lipinski definition) is 1. The summed E-state index contributed by atoms with van der Waals surface area (Å²) in [7, 11) is 0. The second-order valence-corrected chi connectivity index (χ2v) is 8.57. The van der Waals surface area contributed by atoms with Crippen molar-refractivity contribution in [1.82, 2.24) is 19.4 Å². The summed E-state index contributed by atoms with van der Waals surface area (Å²) in [6.07, 6.45) is 2.79. The first-order valence-electron chi connectivity index (χ1n) is 11.2. The number of benzene rings is 3. The van der Waals surface area contributed by atoms with Crippen molar-refractivity contribution in [2.45, 2.75) is 19.8 Å². The van der Waals surface area contributed by atoms with Crippen LogP contribution in [0.5, 0.6) is 11.5 Å². The fraction of sp³-hybridized carbons (Fsp3) is 0.111. The van der Waals surface area contributed by atoms with E-state index in [1.807, 2.05) is 80.6 Å². The molecule has 5 aromatic rings. The van der Waals surface area contributed by atoms with E-state index in [0.29, 0.717) is 22.5 Å². The second kappa shape index (κ2) is 7.95. The molecular weight excluding hydrogens is 442 g/mol. The van der Waals surface area contributed by atoms with Crippen LogP contribution >= 0.6 is 0 Å². The maximum atomic E-state index is 13.5. The van der Waals surface area contributed by atoms with Gasteiger partial charge in [-0.25, -0.2) is 14.3 Å². The molecule has 8 nitrogen and oxygen atoms in total. The summed E-state index contributed by atoms with van der Waals surface area (Å²) in [5, 5.41) is 4.68. The van der Waals surface area contributed by atoms with Crippen molar-refractivity contribution < 1.29 is 9.53 Å². The van der Waals surface area contributed by atoms with E-state index in [2.05, 4.69) is 15.5 Å². The molecule has 0 bridgehead atoms. The van der Waals surface area contributed by atoms with Crippen LogP contribution in [0, 0.1) is 13.8 Å². The largest absolute Gasteiger partial charge is 0.457 e. The van der Waals surface area contributed by atoms with Crippen LogP contribution in [0.3, 0.4) is 0 Å². The molecule has 0 radical (unpaired) electrons. The van der Waals surface area contributed by atoms with E-state index < -0.39 is 11.5 Å². The van der Waals surface area contributed by atoms with E-state index in [9.17, 15) is 9.59 Å². The lowest BCUT2D eigenvalue weighted by molar-refractivity contribution is -0.117. The summed E-state index contributed by atoms with van der Waals surface area (Å²) in [6.45, 7) is 4.06. The van der Waals surface area contributed by atoms with Crippen LogP contribution in [0.2, 0.25) is 0 Å². The summed E-state index contributed by atoms with van der Waals surface area (Å²) in [6, 6.07) is 20.7. The van der Waals surface area contributed by atoms with E-state index in [1.54, 1.807) is 4.68 Å². The van der Waals surface area contributed by atoms with Crippen LogP contribution in [0.4, 0.5) is 0 Å². The Balaban J connectivity index is 1.38. The number of rotatable bonds is 3.